The number of ether oxygens (including phenoxy) is 3. The van der Waals surface area contributed by atoms with Crippen molar-refractivity contribution in [3.05, 3.63) is 23.8 Å². The topological polar surface area (TPSA) is 55.3 Å². The van der Waals surface area contributed by atoms with E-state index in [-0.39, 0.29) is 24.0 Å². The molecule has 1 aromatic carbocycles. The number of nitrogens with zero attached hydrogens (tertiary/aromatic N) is 2. The molecule has 0 aliphatic carbocycles. The fourth-order valence-corrected chi connectivity index (χ4v) is 3.70. The van der Waals surface area contributed by atoms with Crippen LogP contribution in [-0.2, 0) is 11.3 Å². The van der Waals surface area contributed by atoms with E-state index < -0.39 is 0 Å². The monoisotopic (exact) mass is 475 g/mol. The lowest BCUT2D eigenvalue weighted by molar-refractivity contribution is 0.156. The van der Waals surface area contributed by atoms with Gasteiger partial charge in [-0.15, -0.1) is 24.0 Å². The molecule has 0 radical (unpaired) electrons. The van der Waals surface area contributed by atoms with Gasteiger partial charge in [-0.2, -0.15) is 0 Å². The molecule has 0 saturated carbocycles. The van der Waals surface area contributed by atoms with E-state index in [1.807, 2.05) is 26.1 Å². The Bertz CT molecular complexity index is 618. The number of methoxy groups -OCH3 is 1. The van der Waals surface area contributed by atoms with Crippen molar-refractivity contribution in [1.82, 2.24) is 10.2 Å². The predicted molar refractivity (Wildman–Crippen MR) is 114 cm³/mol. The number of rotatable bonds is 5. The van der Waals surface area contributed by atoms with E-state index in [1.54, 1.807) is 7.11 Å². The van der Waals surface area contributed by atoms with E-state index in [2.05, 4.69) is 21.3 Å². The summed E-state index contributed by atoms with van der Waals surface area (Å²) in [5.74, 6) is 2.50. The van der Waals surface area contributed by atoms with Crippen molar-refractivity contribution in [1.29, 1.82) is 0 Å². The number of aliphatic imine (C=N–C) groups is 1. The molecule has 7 heteroatoms. The molecule has 2 aliphatic heterocycles. The number of guanidine groups is 1. The van der Waals surface area contributed by atoms with Gasteiger partial charge >= 0.3 is 0 Å². The van der Waals surface area contributed by atoms with Gasteiger partial charge in [0.2, 0.25) is 0 Å². The second kappa shape index (κ2) is 9.64. The van der Waals surface area contributed by atoms with E-state index in [1.165, 1.54) is 6.42 Å². The van der Waals surface area contributed by atoms with Crippen LogP contribution in [0.2, 0.25) is 0 Å². The smallest absolute Gasteiger partial charge is 0.193 e. The summed E-state index contributed by atoms with van der Waals surface area (Å²) >= 11 is 0. The van der Waals surface area contributed by atoms with Crippen molar-refractivity contribution in [2.45, 2.75) is 26.3 Å². The van der Waals surface area contributed by atoms with Crippen LogP contribution in [0.1, 0.15) is 25.3 Å². The summed E-state index contributed by atoms with van der Waals surface area (Å²) in [6.07, 6.45) is 2.35. The van der Waals surface area contributed by atoms with Gasteiger partial charge in [0.25, 0.3) is 0 Å². The first kappa shape index (κ1) is 21.1. The lowest BCUT2D eigenvalue weighted by Crippen LogP contribution is -2.41. The molecule has 1 unspecified atom stereocenters. The predicted octanol–water partition coefficient (Wildman–Crippen LogP) is 2.90. The molecular weight excluding hydrogens is 445 g/mol. The number of hydrogen-bond donors (Lipinski definition) is 1. The van der Waals surface area contributed by atoms with Gasteiger partial charge in [-0.25, -0.2) is 0 Å². The maximum atomic E-state index is 5.62. The van der Waals surface area contributed by atoms with Crippen LogP contribution in [0.5, 0.6) is 11.5 Å². The van der Waals surface area contributed by atoms with Gasteiger partial charge in [-0.05, 0) is 37.5 Å². The summed E-state index contributed by atoms with van der Waals surface area (Å²) in [6.45, 7) is 7.14. The van der Waals surface area contributed by atoms with Crippen LogP contribution in [0.15, 0.2) is 23.2 Å². The standard InChI is InChI=1S/C19H29N3O3.HI/c1-4-25-16-6-5-15(11-17(16)23-3)12-21-18(20-2)22-9-7-19(13-22)8-10-24-14-19;/h5-6,11H,4,7-10,12-14H2,1-3H3,(H,20,21);1H. The average Bonchev–Trinajstić information content (AvgIpc) is 3.27. The largest absolute Gasteiger partial charge is 0.493 e. The highest BCUT2D eigenvalue weighted by Gasteiger charge is 2.42. The zero-order valence-corrected chi connectivity index (χ0v) is 18.2. The van der Waals surface area contributed by atoms with Gasteiger partial charge in [0.15, 0.2) is 17.5 Å². The molecule has 3 rings (SSSR count). The molecular formula is C19H30IN3O3. The molecule has 2 saturated heterocycles. The number of halogens is 1. The van der Waals surface area contributed by atoms with Crippen LogP contribution in [-0.4, -0.2) is 57.9 Å². The van der Waals surface area contributed by atoms with Gasteiger partial charge in [0.1, 0.15) is 0 Å². The van der Waals surface area contributed by atoms with Crippen molar-refractivity contribution >= 4 is 29.9 Å². The van der Waals surface area contributed by atoms with E-state index in [4.69, 9.17) is 14.2 Å². The molecule has 26 heavy (non-hydrogen) atoms. The third-order valence-electron chi connectivity index (χ3n) is 5.11. The minimum atomic E-state index is 0. The van der Waals surface area contributed by atoms with E-state index >= 15 is 0 Å². The molecule has 0 aromatic heterocycles. The van der Waals surface area contributed by atoms with Gasteiger partial charge in [0.05, 0.1) is 20.3 Å². The second-order valence-electron chi connectivity index (χ2n) is 6.79. The molecule has 0 bridgehead atoms. The van der Waals surface area contributed by atoms with Crippen LogP contribution in [0, 0.1) is 5.41 Å². The summed E-state index contributed by atoms with van der Waals surface area (Å²) in [5.41, 5.74) is 1.47. The number of nitrogens with one attached hydrogen (secondary N) is 1. The van der Waals surface area contributed by atoms with Gasteiger partial charge in [-0.1, -0.05) is 6.07 Å². The van der Waals surface area contributed by atoms with Gasteiger partial charge < -0.3 is 24.4 Å². The first-order valence-corrected chi connectivity index (χ1v) is 9.03. The summed E-state index contributed by atoms with van der Waals surface area (Å²) in [7, 11) is 3.51. The Labute approximate surface area is 173 Å². The third kappa shape index (κ3) is 4.73. The van der Waals surface area contributed by atoms with Crippen molar-refractivity contribution < 1.29 is 14.2 Å². The number of likely N-dealkylation sites (tertiary alicyclic amines) is 1. The molecule has 1 N–H and O–H groups in total. The Morgan fingerprint density at radius 1 is 1.35 bits per heavy atom. The first-order valence-electron chi connectivity index (χ1n) is 9.03. The highest BCUT2D eigenvalue weighted by Crippen LogP contribution is 2.38. The first-order chi connectivity index (χ1) is 12.2. The Hall–Kier alpha value is -1.22. The number of hydrogen-bond acceptors (Lipinski definition) is 4. The summed E-state index contributed by atoms with van der Waals surface area (Å²) in [5, 5.41) is 3.48. The molecule has 2 aliphatic rings. The molecule has 2 heterocycles. The summed E-state index contributed by atoms with van der Waals surface area (Å²) in [4.78, 5) is 6.81. The SMILES string of the molecule is CCOc1ccc(CNC(=NC)N2CCC3(CCOC3)C2)cc1OC.I. The van der Waals surface area contributed by atoms with Gasteiger partial charge in [-0.3, -0.25) is 4.99 Å². The van der Waals surface area contributed by atoms with Crippen LogP contribution < -0.4 is 14.8 Å². The van der Waals surface area contributed by atoms with Crippen molar-refractivity contribution in [3.63, 3.8) is 0 Å². The summed E-state index contributed by atoms with van der Waals surface area (Å²) < 4.78 is 16.6. The normalized spacial score (nSPS) is 22.4. The molecule has 146 valence electrons. The van der Waals surface area contributed by atoms with Crippen molar-refractivity contribution in [2.75, 3.05) is 47.1 Å². The highest BCUT2D eigenvalue weighted by atomic mass is 127. The lowest BCUT2D eigenvalue weighted by Gasteiger charge is -2.25. The second-order valence-corrected chi connectivity index (χ2v) is 6.79. The van der Waals surface area contributed by atoms with E-state index in [9.17, 15) is 0 Å². The molecule has 1 atom stereocenters. The zero-order valence-electron chi connectivity index (χ0n) is 15.9. The average molecular weight is 475 g/mol. The van der Waals surface area contributed by atoms with Crippen LogP contribution >= 0.6 is 24.0 Å². The van der Waals surface area contributed by atoms with Crippen LogP contribution in [0.25, 0.3) is 0 Å². The molecule has 0 amide bonds. The van der Waals surface area contributed by atoms with Gasteiger partial charge in [0, 0.05) is 38.7 Å². The van der Waals surface area contributed by atoms with Crippen molar-refractivity contribution in [3.8, 4) is 11.5 Å². The Morgan fingerprint density at radius 3 is 2.85 bits per heavy atom. The fourth-order valence-electron chi connectivity index (χ4n) is 3.70. The molecule has 1 aromatic rings. The van der Waals surface area contributed by atoms with E-state index in [0.717, 1.165) is 55.7 Å². The Kier molecular flexibility index (Phi) is 7.82. The molecule has 1 spiro atoms. The zero-order chi connectivity index (χ0) is 17.7. The minimum Gasteiger partial charge on any atom is -0.493 e. The fraction of sp³-hybridized carbons (Fsp3) is 0.632. The maximum absolute atomic E-state index is 5.62. The lowest BCUT2D eigenvalue weighted by atomic mass is 9.87. The van der Waals surface area contributed by atoms with Crippen LogP contribution in [0.3, 0.4) is 0 Å². The Balaban J connectivity index is 0.00000243. The summed E-state index contributed by atoms with van der Waals surface area (Å²) in [6, 6.07) is 6.04. The number of benzene rings is 1. The highest BCUT2D eigenvalue weighted by molar-refractivity contribution is 14.0. The molecule has 6 nitrogen and oxygen atoms in total. The third-order valence-corrected chi connectivity index (χ3v) is 5.11. The molecule has 2 fully saturated rings. The van der Waals surface area contributed by atoms with Crippen molar-refractivity contribution in [2.24, 2.45) is 10.4 Å². The van der Waals surface area contributed by atoms with E-state index in [0.29, 0.717) is 18.6 Å². The van der Waals surface area contributed by atoms with Crippen LogP contribution in [0.4, 0.5) is 0 Å². The minimum absolute atomic E-state index is 0. The Morgan fingerprint density at radius 2 is 2.19 bits per heavy atom. The maximum Gasteiger partial charge on any atom is 0.193 e. The quantitative estimate of drug-likeness (QED) is 0.404.